The van der Waals surface area contributed by atoms with Gasteiger partial charge in [-0.2, -0.15) is 9.97 Å². The van der Waals surface area contributed by atoms with Gasteiger partial charge >= 0.3 is 0 Å². The molecule has 160 valence electrons. The molecule has 0 radical (unpaired) electrons. The second kappa shape index (κ2) is 7.99. The highest BCUT2D eigenvalue weighted by atomic mass is 16.5. The van der Waals surface area contributed by atoms with Crippen LogP contribution in [0.15, 0.2) is 36.8 Å². The molecule has 1 aromatic carbocycles. The summed E-state index contributed by atoms with van der Waals surface area (Å²) in [7, 11) is 2.16. The molecule has 1 aliphatic heterocycles. The molecule has 1 fully saturated rings. The molecule has 5 rings (SSSR count). The minimum atomic E-state index is -0.00728. The fourth-order valence-corrected chi connectivity index (χ4v) is 3.83. The third-order valence-corrected chi connectivity index (χ3v) is 5.42. The first kappa shape index (κ1) is 19.5. The molecular weight excluding hydrogens is 392 g/mol. The number of H-pyrrole nitrogens is 1. The number of rotatable bonds is 5. The summed E-state index contributed by atoms with van der Waals surface area (Å²) in [5.74, 6) is 0.931. The van der Waals surface area contributed by atoms with Crippen molar-refractivity contribution in [1.82, 2.24) is 29.8 Å². The number of aromatic nitrogens is 5. The molecule has 0 amide bonds. The number of nitrogens with zero attached hydrogens (tertiary/aromatic N) is 6. The molecule has 2 N–H and O–H groups in total. The average Bonchev–Trinajstić information content (AvgIpc) is 3.23. The number of piperazine rings is 1. The Morgan fingerprint density at radius 3 is 2.71 bits per heavy atom. The van der Waals surface area contributed by atoms with Crippen LogP contribution in [0.1, 0.15) is 13.8 Å². The molecule has 9 nitrogen and oxygen atoms in total. The number of hydrogen-bond donors (Lipinski definition) is 2. The van der Waals surface area contributed by atoms with Crippen molar-refractivity contribution in [2.45, 2.75) is 20.0 Å². The first-order chi connectivity index (χ1) is 15.1. The van der Waals surface area contributed by atoms with Crippen molar-refractivity contribution in [3.8, 4) is 5.88 Å². The minimum absolute atomic E-state index is 0.00728. The number of aromatic amines is 1. The molecule has 1 saturated heterocycles. The Bertz CT molecular complexity index is 1210. The lowest BCUT2D eigenvalue weighted by Gasteiger charge is -2.34. The first-order valence-corrected chi connectivity index (χ1v) is 10.5. The van der Waals surface area contributed by atoms with Gasteiger partial charge in [0.05, 0.1) is 17.9 Å². The fraction of sp³-hybridized carbons (Fsp3) is 0.364. The van der Waals surface area contributed by atoms with Gasteiger partial charge < -0.3 is 24.8 Å². The van der Waals surface area contributed by atoms with E-state index in [2.05, 4.69) is 59.2 Å². The summed E-state index contributed by atoms with van der Waals surface area (Å²) in [6.45, 7) is 8.04. The number of nitrogens with one attached hydrogen (secondary N) is 2. The SMILES string of the molecule is CC(C)Oc1nc(Nc2ccc3nccc(N4CCN(C)CC4)c3c2)nc2nc[nH]c12. The molecule has 31 heavy (non-hydrogen) atoms. The van der Waals surface area contributed by atoms with Crippen LogP contribution >= 0.6 is 0 Å². The van der Waals surface area contributed by atoms with Gasteiger partial charge in [-0.3, -0.25) is 4.98 Å². The first-order valence-electron chi connectivity index (χ1n) is 10.5. The second-order valence-corrected chi connectivity index (χ2v) is 8.10. The maximum atomic E-state index is 5.86. The van der Waals surface area contributed by atoms with Crippen LogP contribution in [0, 0.1) is 0 Å². The van der Waals surface area contributed by atoms with Crippen molar-refractivity contribution in [1.29, 1.82) is 0 Å². The summed E-state index contributed by atoms with van der Waals surface area (Å²) in [5, 5.41) is 4.43. The van der Waals surface area contributed by atoms with Gasteiger partial charge in [0.2, 0.25) is 11.8 Å². The second-order valence-electron chi connectivity index (χ2n) is 8.10. The van der Waals surface area contributed by atoms with E-state index in [0.717, 1.165) is 42.8 Å². The monoisotopic (exact) mass is 418 g/mol. The zero-order chi connectivity index (χ0) is 21.4. The number of pyridine rings is 1. The Morgan fingerprint density at radius 1 is 1.06 bits per heavy atom. The Hall–Kier alpha value is -3.46. The highest BCUT2D eigenvalue weighted by Crippen LogP contribution is 2.30. The van der Waals surface area contributed by atoms with Crippen molar-refractivity contribution < 1.29 is 4.74 Å². The van der Waals surface area contributed by atoms with Gasteiger partial charge in [0.1, 0.15) is 5.52 Å². The molecule has 0 spiro atoms. The van der Waals surface area contributed by atoms with Crippen LogP contribution < -0.4 is 15.0 Å². The maximum absolute atomic E-state index is 5.86. The Balaban J connectivity index is 1.49. The summed E-state index contributed by atoms with van der Waals surface area (Å²) in [6.07, 6.45) is 3.47. The van der Waals surface area contributed by atoms with Gasteiger partial charge in [0.25, 0.3) is 0 Å². The summed E-state index contributed by atoms with van der Waals surface area (Å²) < 4.78 is 5.86. The molecule has 0 saturated carbocycles. The molecule has 3 aromatic heterocycles. The van der Waals surface area contributed by atoms with Crippen LogP contribution in [0.5, 0.6) is 5.88 Å². The predicted octanol–water partition coefficient (Wildman–Crippen LogP) is 3.18. The number of imidazole rings is 1. The summed E-state index contributed by atoms with van der Waals surface area (Å²) in [5.41, 5.74) is 4.32. The van der Waals surface area contributed by atoms with E-state index in [-0.39, 0.29) is 6.10 Å². The van der Waals surface area contributed by atoms with Crippen LogP contribution in [0.4, 0.5) is 17.3 Å². The van der Waals surface area contributed by atoms with Crippen LogP contribution in [-0.4, -0.2) is 69.2 Å². The third-order valence-electron chi connectivity index (χ3n) is 5.42. The molecule has 0 unspecified atom stereocenters. The summed E-state index contributed by atoms with van der Waals surface area (Å²) in [4.78, 5) is 25.7. The predicted molar refractivity (Wildman–Crippen MR) is 122 cm³/mol. The average molecular weight is 419 g/mol. The van der Waals surface area contributed by atoms with Crippen LogP contribution in [0.25, 0.3) is 22.1 Å². The van der Waals surface area contributed by atoms with Gasteiger partial charge in [-0.05, 0) is 45.2 Å². The Morgan fingerprint density at radius 2 is 1.90 bits per heavy atom. The van der Waals surface area contributed by atoms with E-state index in [0.29, 0.717) is 23.0 Å². The quantitative estimate of drug-likeness (QED) is 0.510. The fourth-order valence-electron chi connectivity index (χ4n) is 3.83. The van der Waals surface area contributed by atoms with Crippen molar-refractivity contribution >= 4 is 39.4 Å². The molecule has 9 heteroatoms. The summed E-state index contributed by atoms with van der Waals surface area (Å²) >= 11 is 0. The molecule has 4 aromatic rings. The van der Waals surface area contributed by atoms with E-state index in [4.69, 9.17) is 4.74 Å². The van der Waals surface area contributed by atoms with Gasteiger partial charge in [0.15, 0.2) is 5.65 Å². The normalized spacial score (nSPS) is 15.2. The molecule has 4 heterocycles. The van der Waals surface area contributed by atoms with E-state index < -0.39 is 0 Å². The lowest BCUT2D eigenvalue weighted by molar-refractivity contribution is 0.235. The van der Waals surface area contributed by atoms with Gasteiger partial charge in [-0.25, -0.2) is 4.98 Å². The molecule has 0 atom stereocenters. The van der Waals surface area contributed by atoms with Crippen LogP contribution in [-0.2, 0) is 0 Å². The Kier molecular flexibility index (Phi) is 5.03. The highest BCUT2D eigenvalue weighted by molar-refractivity contribution is 5.94. The van der Waals surface area contributed by atoms with Crippen molar-refractivity contribution in [2.24, 2.45) is 0 Å². The lowest BCUT2D eigenvalue weighted by atomic mass is 10.1. The smallest absolute Gasteiger partial charge is 0.245 e. The van der Waals surface area contributed by atoms with Gasteiger partial charge in [0, 0.05) is 49.1 Å². The zero-order valence-corrected chi connectivity index (χ0v) is 18.0. The molecule has 1 aliphatic rings. The summed E-state index contributed by atoms with van der Waals surface area (Å²) in [6, 6.07) is 8.22. The molecule has 0 bridgehead atoms. The van der Waals surface area contributed by atoms with Gasteiger partial charge in [-0.1, -0.05) is 0 Å². The number of fused-ring (bicyclic) bond motifs is 2. The molecule has 0 aliphatic carbocycles. The van der Waals surface area contributed by atoms with Crippen molar-refractivity contribution in [3.63, 3.8) is 0 Å². The number of ether oxygens (including phenoxy) is 1. The van der Waals surface area contributed by atoms with E-state index in [1.807, 2.05) is 32.2 Å². The van der Waals surface area contributed by atoms with Crippen LogP contribution in [0.2, 0.25) is 0 Å². The largest absolute Gasteiger partial charge is 0.473 e. The van der Waals surface area contributed by atoms with Gasteiger partial charge in [-0.15, -0.1) is 0 Å². The number of likely N-dealkylation sites (N-methyl/N-ethyl adjacent to an activating group) is 1. The number of hydrogen-bond acceptors (Lipinski definition) is 8. The highest BCUT2D eigenvalue weighted by Gasteiger charge is 2.17. The van der Waals surface area contributed by atoms with E-state index in [1.165, 1.54) is 5.69 Å². The minimum Gasteiger partial charge on any atom is -0.473 e. The zero-order valence-electron chi connectivity index (χ0n) is 18.0. The van der Waals surface area contributed by atoms with Crippen molar-refractivity contribution in [3.05, 3.63) is 36.8 Å². The van der Waals surface area contributed by atoms with E-state index in [1.54, 1.807) is 6.33 Å². The van der Waals surface area contributed by atoms with E-state index in [9.17, 15) is 0 Å². The maximum Gasteiger partial charge on any atom is 0.245 e. The number of anilines is 3. The van der Waals surface area contributed by atoms with E-state index >= 15 is 0 Å². The molecular formula is C22H26N8O. The number of benzene rings is 1. The topological polar surface area (TPSA) is 95.1 Å². The standard InChI is InChI=1S/C22H26N8O/c1-14(2)31-21-19-20(25-13-24-19)27-22(28-21)26-15-4-5-17-16(12-15)18(6-7-23-17)30-10-8-29(3)9-11-30/h4-7,12-14H,8-11H2,1-3H3,(H2,24,25,26,27,28). The lowest BCUT2D eigenvalue weighted by Crippen LogP contribution is -2.44. The third kappa shape index (κ3) is 3.96. The Labute approximate surface area is 180 Å². The van der Waals surface area contributed by atoms with Crippen LogP contribution in [0.3, 0.4) is 0 Å². The van der Waals surface area contributed by atoms with Crippen molar-refractivity contribution in [2.75, 3.05) is 43.4 Å².